The lowest BCUT2D eigenvalue weighted by molar-refractivity contribution is -0.117. The Bertz CT molecular complexity index is 900. The van der Waals surface area contributed by atoms with Gasteiger partial charge in [0, 0.05) is 11.4 Å². The quantitative estimate of drug-likeness (QED) is 0.871. The van der Waals surface area contributed by atoms with Crippen molar-refractivity contribution in [3.8, 4) is 0 Å². The molecule has 0 aromatic heterocycles. The number of rotatable bonds is 5. The molecule has 0 bridgehead atoms. The number of aryl methyl sites for hydroxylation is 1. The minimum Gasteiger partial charge on any atom is -0.376 e. The van der Waals surface area contributed by atoms with Crippen LogP contribution in [0.4, 0.5) is 15.8 Å². The number of anilines is 2. The number of hydrogen-bond donors (Lipinski definition) is 1. The van der Waals surface area contributed by atoms with E-state index in [2.05, 4.69) is 5.32 Å². The Morgan fingerprint density at radius 3 is 2.58 bits per heavy atom. The van der Waals surface area contributed by atoms with Crippen LogP contribution in [0.25, 0.3) is 0 Å². The van der Waals surface area contributed by atoms with Gasteiger partial charge in [-0.1, -0.05) is 18.2 Å². The average Bonchev–Trinajstić information content (AvgIpc) is 2.95. The molecule has 1 amide bonds. The van der Waals surface area contributed by atoms with Crippen LogP contribution in [0.15, 0.2) is 48.5 Å². The monoisotopic (exact) mass is 376 g/mol. The first-order chi connectivity index (χ1) is 12.4. The van der Waals surface area contributed by atoms with Gasteiger partial charge in [0.25, 0.3) is 0 Å². The van der Waals surface area contributed by atoms with Crippen molar-refractivity contribution in [2.75, 3.05) is 28.3 Å². The summed E-state index contributed by atoms with van der Waals surface area (Å²) in [5, 5.41) is 3.03. The van der Waals surface area contributed by atoms with Crippen molar-refractivity contribution in [1.29, 1.82) is 0 Å². The highest BCUT2D eigenvalue weighted by Crippen LogP contribution is 2.25. The van der Waals surface area contributed by atoms with Crippen molar-refractivity contribution in [2.24, 2.45) is 0 Å². The molecule has 0 saturated carbocycles. The third kappa shape index (κ3) is 4.22. The fourth-order valence-corrected chi connectivity index (χ4v) is 4.91. The third-order valence-corrected chi connectivity index (χ3v) is 6.25. The summed E-state index contributed by atoms with van der Waals surface area (Å²) in [5.74, 6) is -0.481. The molecule has 26 heavy (non-hydrogen) atoms. The van der Waals surface area contributed by atoms with E-state index in [0.717, 1.165) is 0 Å². The number of para-hydroxylation sites is 1. The lowest BCUT2D eigenvalue weighted by Crippen LogP contribution is -2.44. The van der Waals surface area contributed by atoms with E-state index in [9.17, 15) is 17.6 Å². The van der Waals surface area contributed by atoms with E-state index in [0.29, 0.717) is 23.4 Å². The van der Waals surface area contributed by atoms with E-state index >= 15 is 0 Å². The van der Waals surface area contributed by atoms with Crippen LogP contribution in [0.3, 0.4) is 0 Å². The van der Waals surface area contributed by atoms with Gasteiger partial charge in [0.2, 0.25) is 5.91 Å². The van der Waals surface area contributed by atoms with Crippen molar-refractivity contribution in [3.63, 3.8) is 0 Å². The lowest BCUT2D eigenvalue weighted by Gasteiger charge is -2.28. The lowest BCUT2D eigenvalue weighted by atomic mass is 10.1. The molecule has 7 heteroatoms. The molecule has 1 aliphatic rings. The summed E-state index contributed by atoms with van der Waals surface area (Å²) in [6.07, 6.45) is 0.429. The number of halogens is 1. The largest absolute Gasteiger partial charge is 0.376 e. The molecule has 1 N–H and O–H groups in total. The van der Waals surface area contributed by atoms with Gasteiger partial charge in [-0.3, -0.25) is 4.79 Å². The Morgan fingerprint density at radius 2 is 1.96 bits per heavy atom. The first-order valence-corrected chi connectivity index (χ1v) is 10.3. The number of carbonyl (C=O) groups is 1. The van der Waals surface area contributed by atoms with E-state index < -0.39 is 9.84 Å². The molecule has 2 aromatic carbocycles. The highest BCUT2D eigenvalue weighted by atomic mass is 32.2. The molecular formula is C19H21FN2O3S. The molecule has 0 spiro atoms. The summed E-state index contributed by atoms with van der Waals surface area (Å²) in [4.78, 5) is 14.5. The topological polar surface area (TPSA) is 66.5 Å². The van der Waals surface area contributed by atoms with E-state index in [1.54, 1.807) is 30.0 Å². The maximum Gasteiger partial charge on any atom is 0.246 e. The second kappa shape index (κ2) is 7.45. The van der Waals surface area contributed by atoms with Gasteiger partial charge in [-0.25, -0.2) is 12.8 Å². The Balaban J connectivity index is 1.79. The van der Waals surface area contributed by atoms with Gasteiger partial charge in [0.05, 0.1) is 24.1 Å². The molecule has 0 aliphatic carbocycles. The van der Waals surface area contributed by atoms with Gasteiger partial charge in [-0.15, -0.1) is 0 Å². The van der Waals surface area contributed by atoms with Crippen molar-refractivity contribution in [3.05, 3.63) is 59.9 Å². The smallest absolute Gasteiger partial charge is 0.246 e. The average molecular weight is 376 g/mol. The number of nitrogens with one attached hydrogen (secondary N) is 1. The van der Waals surface area contributed by atoms with Crippen molar-refractivity contribution in [2.45, 2.75) is 19.4 Å². The van der Waals surface area contributed by atoms with E-state index in [1.165, 1.54) is 12.1 Å². The van der Waals surface area contributed by atoms with Gasteiger partial charge >= 0.3 is 0 Å². The first-order valence-electron chi connectivity index (χ1n) is 8.43. The predicted octanol–water partition coefficient (Wildman–Crippen LogP) is 2.77. The highest BCUT2D eigenvalue weighted by Gasteiger charge is 2.35. The zero-order valence-electron chi connectivity index (χ0n) is 14.5. The fourth-order valence-electron chi connectivity index (χ4n) is 3.21. The van der Waals surface area contributed by atoms with Gasteiger partial charge in [0.15, 0.2) is 9.84 Å². The number of nitrogens with zero attached hydrogens (tertiary/aromatic N) is 1. The SMILES string of the molecule is Cc1cc(F)ccc1NCC(=O)N(c1ccccc1)[C@H]1CCS(=O)(=O)C1. The molecule has 1 atom stereocenters. The summed E-state index contributed by atoms with van der Waals surface area (Å²) in [7, 11) is -3.12. The Hall–Kier alpha value is -2.41. The molecule has 3 rings (SSSR count). The Kier molecular flexibility index (Phi) is 5.27. The number of hydrogen-bond acceptors (Lipinski definition) is 4. The summed E-state index contributed by atoms with van der Waals surface area (Å²) >= 11 is 0. The molecule has 2 aromatic rings. The highest BCUT2D eigenvalue weighted by molar-refractivity contribution is 7.91. The first kappa shape index (κ1) is 18.4. The van der Waals surface area contributed by atoms with Crippen LogP contribution in [-0.4, -0.2) is 38.4 Å². The van der Waals surface area contributed by atoms with Gasteiger partial charge < -0.3 is 10.2 Å². The molecule has 1 aliphatic heterocycles. The zero-order valence-corrected chi connectivity index (χ0v) is 15.3. The maximum atomic E-state index is 13.2. The Morgan fingerprint density at radius 1 is 1.23 bits per heavy atom. The standard InChI is InChI=1S/C19H21FN2O3S/c1-14-11-15(20)7-8-18(14)21-12-19(23)22(16-5-3-2-4-6-16)17-9-10-26(24,25)13-17/h2-8,11,17,21H,9-10,12-13H2,1H3/t17-/m0/s1. The number of benzene rings is 2. The second-order valence-electron chi connectivity index (χ2n) is 6.47. The van der Waals surface area contributed by atoms with E-state index in [1.807, 2.05) is 18.2 Å². The van der Waals surface area contributed by atoms with Crippen LogP contribution in [0, 0.1) is 12.7 Å². The van der Waals surface area contributed by atoms with Crippen molar-refractivity contribution >= 4 is 27.1 Å². The summed E-state index contributed by atoms with van der Waals surface area (Å²) in [5.41, 5.74) is 2.05. The fraction of sp³-hybridized carbons (Fsp3) is 0.316. The number of sulfone groups is 1. The molecule has 0 radical (unpaired) electrons. The summed E-state index contributed by atoms with van der Waals surface area (Å²) < 4.78 is 36.9. The summed E-state index contributed by atoms with van der Waals surface area (Å²) in [6.45, 7) is 1.76. The van der Waals surface area contributed by atoms with Gasteiger partial charge in [0.1, 0.15) is 5.82 Å². The van der Waals surface area contributed by atoms with Crippen LogP contribution in [0.1, 0.15) is 12.0 Å². The minimum atomic E-state index is -3.12. The molecule has 1 heterocycles. The van der Waals surface area contributed by atoms with Crippen LogP contribution in [0.2, 0.25) is 0 Å². The predicted molar refractivity (Wildman–Crippen MR) is 101 cm³/mol. The van der Waals surface area contributed by atoms with E-state index in [-0.39, 0.29) is 35.8 Å². The molecule has 0 unspecified atom stereocenters. The van der Waals surface area contributed by atoms with Crippen LogP contribution >= 0.6 is 0 Å². The van der Waals surface area contributed by atoms with Crippen molar-refractivity contribution in [1.82, 2.24) is 0 Å². The van der Waals surface area contributed by atoms with Gasteiger partial charge in [-0.05, 0) is 49.2 Å². The molecule has 138 valence electrons. The second-order valence-corrected chi connectivity index (χ2v) is 8.70. The molecular weight excluding hydrogens is 355 g/mol. The molecule has 1 saturated heterocycles. The number of amides is 1. The summed E-state index contributed by atoms with van der Waals surface area (Å²) in [6, 6.07) is 13.0. The normalized spacial score (nSPS) is 18.5. The Labute approximate surface area is 152 Å². The van der Waals surface area contributed by atoms with E-state index in [4.69, 9.17) is 0 Å². The third-order valence-electron chi connectivity index (χ3n) is 4.50. The maximum absolute atomic E-state index is 13.2. The number of carbonyl (C=O) groups excluding carboxylic acids is 1. The molecule has 1 fully saturated rings. The van der Waals surface area contributed by atoms with Crippen molar-refractivity contribution < 1.29 is 17.6 Å². The van der Waals surface area contributed by atoms with Gasteiger partial charge in [-0.2, -0.15) is 0 Å². The zero-order chi connectivity index (χ0) is 18.7. The van der Waals surface area contributed by atoms with Crippen LogP contribution in [-0.2, 0) is 14.6 Å². The minimum absolute atomic E-state index is 0.00207. The molecule has 5 nitrogen and oxygen atoms in total. The van der Waals surface area contributed by atoms with Crippen LogP contribution in [0.5, 0.6) is 0 Å². The van der Waals surface area contributed by atoms with Crippen LogP contribution < -0.4 is 10.2 Å².